The number of aromatic nitrogens is 1. The Bertz CT molecular complexity index is 498. The molecule has 5 heteroatoms. The Morgan fingerprint density at radius 1 is 1.50 bits per heavy atom. The van der Waals surface area contributed by atoms with Crippen LogP contribution in [0.15, 0.2) is 39.0 Å². The second-order valence-electron chi connectivity index (χ2n) is 3.31. The molecule has 0 fully saturated rings. The second-order valence-corrected chi connectivity index (χ2v) is 4.74. The van der Waals surface area contributed by atoms with E-state index in [1.807, 2.05) is 25.1 Å². The molecule has 16 heavy (non-hydrogen) atoms. The summed E-state index contributed by atoms with van der Waals surface area (Å²) in [5.41, 5.74) is 7.52. The van der Waals surface area contributed by atoms with E-state index >= 15 is 0 Å². The van der Waals surface area contributed by atoms with E-state index in [1.54, 1.807) is 6.26 Å². The molecular weight excluding hydrogens is 244 g/mol. The minimum absolute atomic E-state index is 0.447. The van der Waals surface area contributed by atoms with Crippen LogP contribution in [0.4, 0.5) is 0 Å². The molecule has 0 aliphatic rings. The quantitative estimate of drug-likeness (QED) is 0.914. The largest absolute Gasteiger partial charge is 0.439 e. The van der Waals surface area contributed by atoms with Crippen molar-refractivity contribution in [3.8, 4) is 0 Å². The summed E-state index contributed by atoms with van der Waals surface area (Å²) in [6.45, 7) is 2.34. The highest BCUT2D eigenvalue weighted by molar-refractivity contribution is 7.99. The molecular formula is C11H11ClN2OS. The predicted molar refractivity (Wildman–Crippen MR) is 64.7 cm³/mol. The molecule has 2 N–H and O–H groups in total. The van der Waals surface area contributed by atoms with Crippen LogP contribution in [-0.2, 0) is 6.54 Å². The molecule has 0 saturated heterocycles. The summed E-state index contributed by atoms with van der Waals surface area (Å²) in [5.74, 6) is 0. The predicted octanol–water partition coefficient (Wildman–Crippen LogP) is 3.25. The van der Waals surface area contributed by atoms with E-state index in [2.05, 4.69) is 4.98 Å². The Morgan fingerprint density at radius 3 is 2.94 bits per heavy atom. The van der Waals surface area contributed by atoms with Crippen LogP contribution in [0.3, 0.4) is 0 Å². The molecule has 0 atom stereocenters. The Kier molecular flexibility index (Phi) is 3.53. The van der Waals surface area contributed by atoms with E-state index in [1.165, 1.54) is 11.8 Å². The van der Waals surface area contributed by atoms with Crippen molar-refractivity contribution in [2.75, 3.05) is 0 Å². The van der Waals surface area contributed by atoms with Gasteiger partial charge in [0.2, 0.25) is 0 Å². The summed E-state index contributed by atoms with van der Waals surface area (Å²) in [5, 5.41) is 1.31. The lowest BCUT2D eigenvalue weighted by atomic mass is 10.2. The molecule has 84 valence electrons. The first-order valence-electron chi connectivity index (χ1n) is 4.77. The number of hydrogen-bond donors (Lipinski definition) is 1. The average Bonchev–Trinajstić information content (AvgIpc) is 2.67. The summed E-state index contributed by atoms with van der Waals surface area (Å²) in [7, 11) is 0. The number of benzene rings is 1. The average molecular weight is 255 g/mol. The molecule has 0 radical (unpaired) electrons. The van der Waals surface area contributed by atoms with Gasteiger partial charge < -0.3 is 10.2 Å². The Labute approximate surface area is 103 Å². The van der Waals surface area contributed by atoms with Gasteiger partial charge in [0.05, 0.1) is 5.69 Å². The zero-order valence-corrected chi connectivity index (χ0v) is 10.3. The number of nitrogens with two attached hydrogens (primary N) is 1. The molecule has 0 spiro atoms. The number of rotatable bonds is 3. The maximum Gasteiger partial charge on any atom is 0.260 e. The molecule has 0 saturated carbocycles. The Morgan fingerprint density at radius 2 is 2.31 bits per heavy atom. The third kappa shape index (κ3) is 2.58. The molecule has 1 heterocycles. The first-order valence-corrected chi connectivity index (χ1v) is 5.97. The minimum atomic E-state index is 0.447. The summed E-state index contributed by atoms with van der Waals surface area (Å²) in [6, 6.07) is 5.62. The zero-order chi connectivity index (χ0) is 11.5. The highest BCUT2D eigenvalue weighted by Gasteiger charge is 2.08. The van der Waals surface area contributed by atoms with Gasteiger partial charge in [-0.1, -0.05) is 11.6 Å². The van der Waals surface area contributed by atoms with Gasteiger partial charge in [0.25, 0.3) is 5.22 Å². The summed E-state index contributed by atoms with van der Waals surface area (Å²) >= 11 is 7.35. The second kappa shape index (κ2) is 4.91. The van der Waals surface area contributed by atoms with Crippen molar-refractivity contribution >= 4 is 23.4 Å². The Hall–Kier alpha value is -0.970. The van der Waals surface area contributed by atoms with Crippen molar-refractivity contribution in [2.24, 2.45) is 5.73 Å². The monoisotopic (exact) mass is 254 g/mol. The van der Waals surface area contributed by atoms with Crippen LogP contribution in [0, 0.1) is 6.92 Å². The molecule has 0 bridgehead atoms. The van der Waals surface area contributed by atoms with Crippen molar-refractivity contribution in [3.63, 3.8) is 0 Å². The van der Waals surface area contributed by atoms with Gasteiger partial charge in [0.15, 0.2) is 0 Å². The summed E-state index contributed by atoms with van der Waals surface area (Å²) in [6.07, 6.45) is 1.63. The van der Waals surface area contributed by atoms with Gasteiger partial charge in [-0.2, -0.15) is 0 Å². The lowest BCUT2D eigenvalue weighted by molar-refractivity contribution is 0.454. The number of aryl methyl sites for hydroxylation is 1. The molecule has 1 aromatic carbocycles. The van der Waals surface area contributed by atoms with Gasteiger partial charge in [0, 0.05) is 16.5 Å². The van der Waals surface area contributed by atoms with Crippen molar-refractivity contribution in [3.05, 3.63) is 40.7 Å². The van der Waals surface area contributed by atoms with Crippen molar-refractivity contribution in [1.82, 2.24) is 4.98 Å². The number of oxazole rings is 1. The molecule has 0 unspecified atom stereocenters. The number of halogens is 1. The van der Waals surface area contributed by atoms with E-state index < -0.39 is 0 Å². The molecule has 3 nitrogen and oxygen atoms in total. The standard InChI is InChI=1S/C11H11ClN2OS/c1-7-6-15-11(14-7)16-10-3-2-9(12)4-8(10)5-13/h2-4,6H,5,13H2,1H3. The fourth-order valence-electron chi connectivity index (χ4n) is 1.28. The van der Waals surface area contributed by atoms with E-state index in [4.69, 9.17) is 21.8 Å². The van der Waals surface area contributed by atoms with Gasteiger partial charge in [0.1, 0.15) is 6.26 Å². The van der Waals surface area contributed by atoms with Crippen LogP contribution in [0.1, 0.15) is 11.3 Å². The lowest BCUT2D eigenvalue weighted by Gasteiger charge is -2.05. The lowest BCUT2D eigenvalue weighted by Crippen LogP contribution is -1.98. The van der Waals surface area contributed by atoms with Gasteiger partial charge >= 0.3 is 0 Å². The first kappa shape index (κ1) is 11.5. The topological polar surface area (TPSA) is 52.0 Å². The molecule has 1 aromatic heterocycles. The van der Waals surface area contributed by atoms with Crippen molar-refractivity contribution in [1.29, 1.82) is 0 Å². The molecule has 0 aliphatic carbocycles. The Balaban J connectivity index is 2.27. The summed E-state index contributed by atoms with van der Waals surface area (Å²) < 4.78 is 5.28. The SMILES string of the molecule is Cc1coc(Sc2ccc(Cl)cc2CN)n1. The van der Waals surface area contributed by atoms with Crippen LogP contribution in [0.25, 0.3) is 0 Å². The maximum absolute atomic E-state index is 5.90. The van der Waals surface area contributed by atoms with Gasteiger partial charge in [-0.3, -0.25) is 0 Å². The molecule has 2 rings (SSSR count). The first-order chi connectivity index (χ1) is 7.69. The molecule has 2 aromatic rings. The normalized spacial score (nSPS) is 10.7. The number of hydrogen-bond acceptors (Lipinski definition) is 4. The molecule has 0 amide bonds. The van der Waals surface area contributed by atoms with Gasteiger partial charge in [-0.05, 0) is 42.4 Å². The van der Waals surface area contributed by atoms with Crippen LogP contribution < -0.4 is 5.73 Å². The van der Waals surface area contributed by atoms with Gasteiger partial charge in [-0.15, -0.1) is 0 Å². The third-order valence-electron chi connectivity index (χ3n) is 2.04. The van der Waals surface area contributed by atoms with Crippen LogP contribution in [0.5, 0.6) is 0 Å². The van der Waals surface area contributed by atoms with E-state index in [0.29, 0.717) is 16.8 Å². The van der Waals surface area contributed by atoms with Crippen LogP contribution in [0.2, 0.25) is 5.02 Å². The zero-order valence-electron chi connectivity index (χ0n) is 8.74. The van der Waals surface area contributed by atoms with E-state index in [-0.39, 0.29) is 0 Å². The molecule has 0 aliphatic heterocycles. The van der Waals surface area contributed by atoms with E-state index in [9.17, 15) is 0 Å². The van der Waals surface area contributed by atoms with Crippen molar-refractivity contribution in [2.45, 2.75) is 23.6 Å². The maximum atomic E-state index is 5.90. The van der Waals surface area contributed by atoms with Gasteiger partial charge in [-0.25, -0.2) is 4.98 Å². The highest BCUT2D eigenvalue weighted by Crippen LogP contribution is 2.31. The van der Waals surface area contributed by atoms with Crippen LogP contribution >= 0.6 is 23.4 Å². The smallest absolute Gasteiger partial charge is 0.260 e. The number of nitrogens with zero attached hydrogens (tertiary/aromatic N) is 1. The van der Waals surface area contributed by atoms with E-state index in [0.717, 1.165) is 16.2 Å². The fraction of sp³-hybridized carbons (Fsp3) is 0.182. The fourth-order valence-corrected chi connectivity index (χ4v) is 2.36. The highest BCUT2D eigenvalue weighted by atomic mass is 35.5. The van der Waals surface area contributed by atoms with Crippen LogP contribution in [-0.4, -0.2) is 4.98 Å². The third-order valence-corrected chi connectivity index (χ3v) is 3.25. The summed E-state index contributed by atoms with van der Waals surface area (Å²) in [4.78, 5) is 5.25. The van der Waals surface area contributed by atoms with Crippen molar-refractivity contribution < 1.29 is 4.42 Å². The minimum Gasteiger partial charge on any atom is -0.439 e.